The van der Waals surface area contributed by atoms with Crippen molar-refractivity contribution < 1.29 is 9.21 Å². The maximum Gasteiger partial charge on any atom is 0.227 e. The van der Waals surface area contributed by atoms with Crippen molar-refractivity contribution in [2.45, 2.75) is 13.3 Å². The maximum atomic E-state index is 11.7. The number of hydrogen-bond donors (Lipinski definition) is 0. The molecule has 0 saturated heterocycles. The van der Waals surface area contributed by atoms with Gasteiger partial charge in [-0.3, -0.25) is 4.79 Å². The zero-order valence-corrected chi connectivity index (χ0v) is 11.4. The third-order valence-electron chi connectivity index (χ3n) is 3.25. The zero-order chi connectivity index (χ0) is 14.8. The molecule has 0 amide bonds. The van der Waals surface area contributed by atoms with Crippen molar-refractivity contribution in [3.63, 3.8) is 0 Å². The Bertz CT molecular complexity index is 819. The summed E-state index contributed by atoms with van der Waals surface area (Å²) in [4.78, 5) is 26.5. The second-order valence-electron chi connectivity index (χ2n) is 4.62. The van der Waals surface area contributed by atoms with E-state index in [0.29, 0.717) is 34.7 Å². The molecule has 5 heteroatoms. The van der Waals surface area contributed by atoms with Crippen molar-refractivity contribution in [2.24, 2.45) is 5.18 Å². The van der Waals surface area contributed by atoms with Gasteiger partial charge < -0.3 is 4.42 Å². The fourth-order valence-corrected chi connectivity index (χ4v) is 2.09. The number of aromatic nitrogens is 1. The van der Waals surface area contributed by atoms with E-state index >= 15 is 0 Å². The summed E-state index contributed by atoms with van der Waals surface area (Å²) >= 11 is 0. The van der Waals surface area contributed by atoms with Gasteiger partial charge in [-0.2, -0.15) is 0 Å². The number of benzene rings is 2. The molecule has 0 atom stereocenters. The molecule has 0 radical (unpaired) electrons. The van der Waals surface area contributed by atoms with Gasteiger partial charge in [0.1, 0.15) is 11.2 Å². The van der Waals surface area contributed by atoms with Crippen molar-refractivity contribution in [1.82, 2.24) is 4.98 Å². The van der Waals surface area contributed by atoms with Crippen LogP contribution in [-0.2, 0) is 0 Å². The number of oxazole rings is 1. The molecule has 0 N–H and O–H groups in total. The lowest BCUT2D eigenvalue weighted by atomic mass is 10.1. The topological polar surface area (TPSA) is 72.5 Å². The SMILES string of the molecule is CCC(=O)c1ccc2oc(-c3ccc(N=O)cc3)nc2c1. The van der Waals surface area contributed by atoms with Crippen LogP contribution in [0.3, 0.4) is 0 Å². The van der Waals surface area contributed by atoms with Crippen LogP contribution < -0.4 is 0 Å². The Morgan fingerprint density at radius 1 is 1.19 bits per heavy atom. The quantitative estimate of drug-likeness (QED) is 0.521. The van der Waals surface area contributed by atoms with Gasteiger partial charge in [-0.25, -0.2) is 4.98 Å². The van der Waals surface area contributed by atoms with Crippen LogP contribution in [-0.4, -0.2) is 10.8 Å². The van der Waals surface area contributed by atoms with Crippen LogP contribution in [0.25, 0.3) is 22.6 Å². The number of fused-ring (bicyclic) bond motifs is 1. The van der Waals surface area contributed by atoms with Gasteiger partial charge in [0, 0.05) is 17.5 Å². The lowest BCUT2D eigenvalue weighted by molar-refractivity contribution is 0.0988. The first kappa shape index (κ1) is 13.2. The summed E-state index contributed by atoms with van der Waals surface area (Å²) in [5, 5.41) is 2.85. The van der Waals surface area contributed by atoms with E-state index in [1.165, 1.54) is 0 Å². The number of nitroso groups, excluding NO2 is 1. The number of carbonyl (C=O) groups excluding carboxylic acids is 1. The Balaban J connectivity index is 2.03. The van der Waals surface area contributed by atoms with E-state index in [1.54, 1.807) is 42.5 Å². The van der Waals surface area contributed by atoms with Gasteiger partial charge >= 0.3 is 0 Å². The molecular weight excluding hydrogens is 268 g/mol. The van der Waals surface area contributed by atoms with Gasteiger partial charge in [0.25, 0.3) is 0 Å². The fourth-order valence-electron chi connectivity index (χ4n) is 2.09. The minimum absolute atomic E-state index is 0.0721. The van der Waals surface area contributed by atoms with E-state index in [-0.39, 0.29) is 5.78 Å². The van der Waals surface area contributed by atoms with Crippen LogP contribution in [0, 0.1) is 4.91 Å². The highest BCUT2D eigenvalue weighted by molar-refractivity contribution is 5.98. The maximum absolute atomic E-state index is 11.7. The van der Waals surface area contributed by atoms with Gasteiger partial charge in [0.05, 0.1) is 0 Å². The number of hydrogen-bond acceptors (Lipinski definition) is 5. The first-order valence-electron chi connectivity index (χ1n) is 6.59. The first-order chi connectivity index (χ1) is 10.2. The summed E-state index contributed by atoms with van der Waals surface area (Å²) in [6.45, 7) is 1.82. The first-order valence-corrected chi connectivity index (χ1v) is 6.59. The molecule has 0 aliphatic heterocycles. The average Bonchev–Trinajstić information content (AvgIpc) is 2.97. The van der Waals surface area contributed by atoms with Gasteiger partial charge in [0.15, 0.2) is 11.4 Å². The summed E-state index contributed by atoms with van der Waals surface area (Å²) in [5.41, 5.74) is 3.00. The van der Waals surface area contributed by atoms with E-state index < -0.39 is 0 Å². The third kappa shape index (κ3) is 2.45. The monoisotopic (exact) mass is 280 g/mol. The molecule has 104 valence electrons. The highest BCUT2D eigenvalue weighted by atomic mass is 16.3. The van der Waals surface area contributed by atoms with Crippen LogP contribution in [0.5, 0.6) is 0 Å². The lowest BCUT2D eigenvalue weighted by Gasteiger charge is -1.95. The van der Waals surface area contributed by atoms with Crippen molar-refractivity contribution >= 4 is 22.6 Å². The molecule has 0 fully saturated rings. The minimum atomic E-state index is 0.0721. The molecule has 0 aliphatic rings. The number of ketones is 1. The van der Waals surface area contributed by atoms with E-state index in [0.717, 1.165) is 5.56 Å². The van der Waals surface area contributed by atoms with Crippen LogP contribution >= 0.6 is 0 Å². The van der Waals surface area contributed by atoms with Crippen LogP contribution in [0.4, 0.5) is 5.69 Å². The molecule has 2 aromatic carbocycles. The van der Waals surface area contributed by atoms with Gasteiger partial charge in [-0.15, -0.1) is 4.91 Å². The molecule has 5 nitrogen and oxygen atoms in total. The van der Waals surface area contributed by atoms with Crippen molar-refractivity contribution in [3.05, 3.63) is 52.9 Å². The molecule has 3 aromatic rings. The van der Waals surface area contributed by atoms with Crippen LogP contribution in [0.15, 0.2) is 52.1 Å². The average molecular weight is 280 g/mol. The molecule has 1 heterocycles. The van der Waals surface area contributed by atoms with Crippen molar-refractivity contribution in [1.29, 1.82) is 0 Å². The number of rotatable bonds is 4. The number of carbonyl (C=O) groups is 1. The summed E-state index contributed by atoms with van der Waals surface area (Å²) in [7, 11) is 0. The lowest BCUT2D eigenvalue weighted by Crippen LogP contribution is -1.95. The normalized spacial score (nSPS) is 10.7. The van der Waals surface area contributed by atoms with E-state index in [9.17, 15) is 9.70 Å². The molecular formula is C16H12N2O3. The Morgan fingerprint density at radius 3 is 2.62 bits per heavy atom. The molecule has 0 unspecified atom stereocenters. The summed E-state index contributed by atoms with van der Waals surface area (Å²) < 4.78 is 5.66. The van der Waals surface area contributed by atoms with E-state index in [1.807, 2.05) is 6.92 Å². The molecule has 3 rings (SSSR count). The highest BCUT2D eigenvalue weighted by Crippen LogP contribution is 2.26. The Kier molecular flexibility index (Phi) is 3.31. The Hall–Kier alpha value is -2.82. The smallest absolute Gasteiger partial charge is 0.227 e. The summed E-state index contributed by atoms with van der Waals surface area (Å²) in [6.07, 6.45) is 0.455. The van der Waals surface area contributed by atoms with Crippen LogP contribution in [0.2, 0.25) is 0 Å². The van der Waals surface area contributed by atoms with Gasteiger partial charge in [0.2, 0.25) is 5.89 Å². The number of Topliss-reactive ketones (excluding diaryl/α,β-unsaturated/α-hetero) is 1. The molecule has 0 bridgehead atoms. The predicted molar refractivity (Wildman–Crippen MR) is 79.5 cm³/mol. The van der Waals surface area contributed by atoms with Crippen molar-refractivity contribution in [3.8, 4) is 11.5 Å². The van der Waals surface area contributed by atoms with Gasteiger partial charge in [-0.05, 0) is 47.6 Å². The molecule has 1 aromatic heterocycles. The molecule has 21 heavy (non-hydrogen) atoms. The minimum Gasteiger partial charge on any atom is -0.436 e. The van der Waals surface area contributed by atoms with E-state index in [4.69, 9.17) is 4.42 Å². The van der Waals surface area contributed by atoms with Crippen molar-refractivity contribution in [2.75, 3.05) is 0 Å². The van der Waals surface area contributed by atoms with Gasteiger partial charge in [-0.1, -0.05) is 6.92 Å². The third-order valence-corrected chi connectivity index (χ3v) is 3.25. The predicted octanol–water partition coefficient (Wildman–Crippen LogP) is 4.49. The molecule has 0 aliphatic carbocycles. The second-order valence-corrected chi connectivity index (χ2v) is 4.62. The Labute approximate surface area is 120 Å². The largest absolute Gasteiger partial charge is 0.436 e. The zero-order valence-electron chi connectivity index (χ0n) is 11.4. The fraction of sp³-hybridized carbons (Fsp3) is 0.125. The van der Waals surface area contributed by atoms with Crippen LogP contribution in [0.1, 0.15) is 23.7 Å². The number of nitrogens with zero attached hydrogens (tertiary/aromatic N) is 2. The van der Waals surface area contributed by atoms with E-state index in [2.05, 4.69) is 10.2 Å². The highest BCUT2D eigenvalue weighted by Gasteiger charge is 2.11. The second kappa shape index (κ2) is 5.28. The summed E-state index contributed by atoms with van der Waals surface area (Å²) in [6, 6.07) is 11.9. The molecule has 0 saturated carbocycles. The summed E-state index contributed by atoms with van der Waals surface area (Å²) in [5.74, 6) is 0.520. The standard InChI is InChI=1S/C16H12N2O3/c1-2-14(19)11-5-8-15-13(9-11)17-16(21-15)10-3-6-12(18-20)7-4-10/h3-9H,2H2,1H3. The Morgan fingerprint density at radius 2 is 1.95 bits per heavy atom. The molecule has 0 spiro atoms.